The Balaban J connectivity index is 2.11. The molecule has 1 aromatic rings. The second kappa shape index (κ2) is 6.07. The molecule has 6 heteroatoms. The normalized spacial score (nSPS) is 18.2. The van der Waals surface area contributed by atoms with Crippen molar-refractivity contribution in [2.45, 2.75) is 43.9 Å². The highest BCUT2D eigenvalue weighted by Gasteiger charge is 2.33. The summed E-state index contributed by atoms with van der Waals surface area (Å²) >= 11 is 0. The molecule has 1 aromatic heterocycles. The highest BCUT2D eigenvalue weighted by atomic mass is 32.2. The second-order valence-electron chi connectivity index (χ2n) is 4.88. The molecule has 1 fully saturated rings. The maximum atomic E-state index is 12.1. The van der Waals surface area contributed by atoms with E-state index < -0.39 is 16.1 Å². The van der Waals surface area contributed by atoms with Crippen LogP contribution in [0.25, 0.3) is 0 Å². The summed E-state index contributed by atoms with van der Waals surface area (Å²) in [6.07, 6.45) is 3.26. The standard InChI is InChI=1S/C13H21NO4S/c1-3-10-7-8-13(18-10)12(9-17-2)14-19(15,16)11-5-4-6-11/h7-8,11-12,14H,3-6,9H2,1-2H3. The highest BCUT2D eigenvalue weighted by molar-refractivity contribution is 7.90. The maximum Gasteiger partial charge on any atom is 0.215 e. The number of sulfonamides is 1. The summed E-state index contributed by atoms with van der Waals surface area (Å²) in [7, 11) is -1.73. The van der Waals surface area contributed by atoms with E-state index in [4.69, 9.17) is 9.15 Å². The van der Waals surface area contributed by atoms with E-state index in [-0.39, 0.29) is 11.9 Å². The van der Waals surface area contributed by atoms with Crippen molar-refractivity contribution < 1.29 is 17.6 Å². The SMILES string of the molecule is CCc1ccc(C(COC)NS(=O)(=O)C2CCC2)o1. The molecule has 1 atom stereocenters. The van der Waals surface area contributed by atoms with E-state index in [9.17, 15) is 8.42 Å². The topological polar surface area (TPSA) is 68.5 Å². The molecule has 19 heavy (non-hydrogen) atoms. The van der Waals surface area contributed by atoms with Gasteiger partial charge in [0.15, 0.2) is 0 Å². The first-order valence-corrected chi connectivity index (χ1v) is 8.20. The zero-order valence-corrected chi connectivity index (χ0v) is 12.2. The summed E-state index contributed by atoms with van der Waals surface area (Å²) in [5, 5.41) is -0.257. The predicted molar refractivity (Wildman–Crippen MR) is 72.4 cm³/mol. The number of rotatable bonds is 7. The molecule has 1 saturated carbocycles. The average molecular weight is 287 g/mol. The molecule has 0 aromatic carbocycles. The number of aryl methyl sites for hydroxylation is 1. The van der Waals surface area contributed by atoms with Crippen LogP contribution in [0, 0.1) is 0 Å². The van der Waals surface area contributed by atoms with Crippen molar-refractivity contribution in [3.8, 4) is 0 Å². The third-order valence-electron chi connectivity index (χ3n) is 3.51. The molecule has 0 bridgehead atoms. The Morgan fingerprint density at radius 1 is 1.47 bits per heavy atom. The second-order valence-corrected chi connectivity index (χ2v) is 6.87. The number of ether oxygens (including phenoxy) is 1. The van der Waals surface area contributed by atoms with Crippen molar-refractivity contribution >= 4 is 10.0 Å². The van der Waals surface area contributed by atoms with E-state index in [1.165, 1.54) is 0 Å². The Bertz CT molecular complexity index is 504. The number of furan rings is 1. The molecule has 0 spiro atoms. The number of methoxy groups -OCH3 is 1. The molecule has 0 aliphatic heterocycles. The van der Waals surface area contributed by atoms with Crippen LogP contribution < -0.4 is 4.72 Å². The summed E-state index contributed by atoms with van der Waals surface area (Å²) in [5.74, 6) is 1.46. The van der Waals surface area contributed by atoms with E-state index in [0.29, 0.717) is 5.76 Å². The molecule has 0 amide bonds. The van der Waals surface area contributed by atoms with E-state index in [1.54, 1.807) is 7.11 Å². The third kappa shape index (κ3) is 3.38. The number of nitrogens with one attached hydrogen (secondary N) is 1. The molecule has 1 aliphatic rings. The van der Waals surface area contributed by atoms with Gasteiger partial charge in [0.25, 0.3) is 0 Å². The van der Waals surface area contributed by atoms with Gasteiger partial charge in [-0.05, 0) is 25.0 Å². The van der Waals surface area contributed by atoms with Crippen LogP contribution in [0.4, 0.5) is 0 Å². The Morgan fingerprint density at radius 2 is 2.21 bits per heavy atom. The lowest BCUT2D eigenvalue weighted by Gasteiger charge is -2.27. The van der Waals surface area contributed by atoms with Gasteiger partial charge in [0.05, 0.1) is 11.9 Å². The molecular formula is C13H21NO4S. The quantitative estimate of drug-likeness (QED) is 0.833. The monoisotopic (exact) mass is 287 g/mol. The lowest BCUT2D eigenvalue weighted by atomic mass is 10.0. The summed E-state index contributed by atoms with van der Waals surface area (Å²) in [4.78, 5) is 0. The first-order chi connectivity index (χ1) is 9.06. The van der Waals surface area contributed by atoms with E-state index in [0.717, 1.165) is 31.4 Å². The Hall–Kier alpha value is -0.850. The molecule has 1 aliphatic carbocycles. The Kier molecular flexibility index (Phi) is 4.65. The van der Waals surface area contributed by atoms with Crippen LogP contribution in [0.15, 0.2) is 16.5 Å². The molecule has 5 nitrogen and oxygen atoms in total. The van der Waals surface area contributed by atoms with Gasteiger partial charge in [-0.15, -0.1) is 0 Å². The lowest BCUT2D eigenvalue weighted by Crippen LogP contribution is -2.41. The van der Waals surface area contributed by atoms with Crippen LogP contribution in [0.3, 0.4) is 0 Å². The minimum atomic E-state index is -3.28. The summed E-state index contributed by atoms with van der Waals surface area (Å²) in [5.41, 5.74) is 0. The van der Waals surface area contributed by atoms with Crippen LogP contribution in [0.1, 0.15) is 43.7 Å². The van der Waals surface area contributed by atoms with E-state index >= 15 is 0 Å². The van der Waals surface area contributed by atoms with Gasteiger partial charge in [0.2, 0.25) is 10.0 Å². The Morgan fingerprint density at radius 3 is 2.68 bits per heavy atom. The molecule has 1 unspecified atom stereocenters. The maximum absolute atomic E-state index is 12.1. The first-order valence-electron chi connectivity index (χ1n) is 6.65. The minimum Gasteiger partial charge on any atom is -0.464 e. The molecule has 1 N–H and O–H groups in total. The lowest BCUT2D eigenvalue weighted by molar-refractivity contribution is 0.165. The molecule has 2 rings (SSSR count). The summed E-state index contributed by atoms with van der Waals surface area (Å²) in [6.45, 7) is 2.26. The van der Waals surface area contributed by atoms with Gasteiger partial charge in [0, 0.05) is 13.5 Å². The Labute approximate surface area is 114 Å². The van der Waals surface area contributed by atoms with Crippen LogP contribution in [0.5, 0.6) is 0 Å². The third-order valence-corrected chi connectivity index (χ3v) is 5.47. The zero-order valence-electron chi connectivity index (χ0n) is 11.4. The molecule has 0 saturated heterocycles. The smallest absolute Gasteiger partial charge is 0.215 e. The van der Waals surface area contributed by atoms with Crippen molar-refractivity contribution in [2.75, 3.05) is 13.7 Å². The van der Waals surface area contributed by atoms with Gasteiger partial charge in [0.1, 0.15) is 17.6 Å². The predicted octanol–water partition coefficient (Wildman–Crippen LogP) is 2.00. The fourth-order valence-electron chi connectivity index (χ4n) is 2.09. The van der Waals surface area contributed by atoms with Crippen molar-refractivity contribution in [3.63, 3.8) is 0 Å². The number of hydrogen-bond acceptors (Lipinski definition) is 4. The van der Waals surface area contributed by atoms with Gasteiger partial charge in [-0.3, -0.25) is 0 Å². The first kappa shape index (κ1) is 14.6. The van der Waals surface area contributed by atoms with Gasteiger partial charge < -0.3 is 9.15 Å². The highest BCUT2D eigenvalue weighted by Crippen LogP contribution is 2.27. The van der Waals surface area contributed by atoms with Crippen LogP contribution in [-0.4, -0.2) is 27.4 Å². The van der Waals surface area contributed by atoms with Crippen molar-refractivity contribution in [1.82, 2.24) is 4.72 Å². The van der Waals surface area contributed by atoms with Crippen molar-refractivity contribution in [3.05, 3.63) is 23.7 Å². The molecular weight excluding hydrogens is 266 g/mol. The fourth-order valence-corrected chi connectivity index (χ4v) is 3.82. The van der Waals surface area contributed by atoms with Gasteiger partial charge in [-0.25, -0.2) is 13.1 Å². The summed E-state index contributed by atoms with van der Waals surface area (Å²) in [6, 6.07) is 3.23. The van der Waals surface area contributed by atoms with E-state index in [2.05, 4.69) is 4.72 Å². The summed E-state index contributed by atoms with van der Waals surface area (Å²) < 4.78 is 37.7. The van der Waals surface area contributed by atoms with Gasteiger partial charge >= 0.3 is 0 Å². The van der Waals surface area contributed by atoms with Crippen LogP contribution in [0.2, 0.25) is 0 Å². The fraction of sp³-hybridized carbons (Fsp3) is 0.692. The minimum absolute atomic E-state index is 0.257. The van der Waals surface area contributed by atoms with Crippen molar-refractivity contribution in [1.29, 1.82) is 0 Å². The molecule has 1 heterocycles. The zero-order chi connectivity index (χ0) is 13.9. The van der Waals surface area contributed by atoms with E-state index in [1.807, 2.05) is 19.1 Å². The van der Waals surface area contributed by atoms with Crippen LogP contribution in [-0.2, 0) is 21.2 Å². The van der Waals surface area contributed by atoms with Gasteiger partial charge in [-0.1, -0.05) is 13.3 Å². The van der Waals surface area contributed by atoms with Gasteiger partial charge in [-0.2, -0.15) is 0 Å². The largest absolute Gasteiger partial charge is 0.464 e. The van der Waals surface area contributed by atoms with Crippen molar-refractivity contribution in [2.24, 2.45) is 0 Å². The van der Waals surface area contributed by atoms with Crippen LogP contribution >= 0.6 is 0 Å². The molecule has 108 valence electrons. The molecule has 0 radical (unpaired) electrons. The average Bonchev–Trinajstić information content (AvgIpc) is 2.73. The number of hydrogen-bond donors (Lipinski definition) is 1.